The quantitative estimate of drug-likeness (QED) is 0.514. The van der Waals surface area contributed by atoms with Crippen LogP contribution in [0, 0.1) is 0 Å². The van der Waals surface area contributed by atoms with E-state index in [1.165, 1.54) is 6.08 Å². The summed E-state index contributed by atoms with van der Waals surface area (Å²) in [5.41, 5.74) is 0. The molecular weight excluding hydrogens is 160 g/mol. The number of allylic oxidation sites excluding steroid dienone is 3. The first kappa shape index (κ1) is 10.5. The van der Waals surface area contributed by atoms with Crippen molar-refractivity contribution in [3.8, 4) is 0 Å². The molecule has 0 bridgehead atoms. The van der Waals surface area contributed by atoms with Crippen molar-refractivity contribution in [3.05, 3.63) is 24.3 Å². The molecule has 0 saturated heterocycles. The first-order valence-corrected chi connectivity index (χ1v) is 4.36. The Hall–Kier alpha value is -0.540. The van der Waals surface area contributed by atoms with Gasteiger partial charge in [-0.3, -0.25) is 4.79 Å². The van der Waals surface area contributed by atoms with Crippen molar-refractivity contribution in [2.45, 2.75) is 6.92 Å². The number of hydrogen-bond acceptors (Lipinski definition) is 3. The first-order valence-electron chi connectivity index (χ1n) is 3.38. The molecule has 0 aliphatic rings. The monoisotopic (exact) mass is 172 g/mol. The predicted molar refractivity (Wildman–Crippen MR) is 48.5 cm³/mol. The van der Waals surface area contributed by atoms with Gasteiger partial charge in [0.15, 0.2) is 0 Å². The molecule has 62 valence electrons. The van der Waals surface area contributed by atoms with Crippen LogP contribution in [-0.2, 0) is 4.79 Å². The zero-order chi connectivity index (χ0) is 8.53. The van der Waals surface area contributed by atoms with Crippen LogP contribution in [0.5, 0.6) is 0 Å². The van der Waals surface area contributed by atoms with E-state index in [1.54, 1.807) is 12.2 Å². The summed E-state index contributed by atoms with van der Waals surface area (Å²) < 4.78 is 0. The molecule has 0 aliphatic carbocycles. The van der Waals surface area contributed by atoms with Gasteiger partial charge in [0.05, 0.1) is 6.61 Å². The molecule has 0 rings (SSSR count). The molecule has 0 heterocycles. The molecule has 11 heavy (non-hydrogen) atoms. The van der Waals surface area contributed by atoms with Crippen LogP contribution in [0.3, 0.4) is 0 Å². The lowest BCUT2D eigenvalue weighted by Crippen LogP contribution is -1.91. The van der Waals surface area contributed by atoms with E-state index in [0.29, 0.717) is 5.75 Å². The van der Waals surface area contributed by atoms with E-state index in [4.69, 9.17) is 5.11 Å². The van der Waals surface area contributed by atoms with E-state index < -0.39 is 0 Å². The maximum absolute atomic E-state index is 10.8. The van der Waals surface area contributed by atoms with Crippen LogP contribution in [0.1, 0.15) is 6.92 Å². The lowest BCUT2D eigenvalue weighted by atomic mass is 10.4. The molecule has 1 N–H and O–H groups in total. The number of rotatable bonds is 4. The summed E-state index contributed by atoms with van der Waals surface area (Å²) in [4.78, 5) is 10.8. The van der Waals surface area contributed by atoms with Gasteiger partial charge < -0.3 is 5.11 Å². The van der Waals surface area contributed by atoms with Crippen molar-refractivity contribution in [1.82, 2.24) is 0 Å². The highest BCUT2D eigenvalue weighted by Gasteiger charge is 1.93. The number of hydrogen-bond donors (Lipinski definition) is 1. The second-order valence-corrected chi connectivity index (χ2v) is 2.88. The summed E-state index contributed by atoms with van der Waals surface area (Å²) in [5.74, 6) is 0.471. The van der Waals surface area contributed by atoms with Crippen LogP contribution in [-0.4, -0.2) is 22.6 Å². The van der Waals surface area contributed by atoms with E-state index >= 15 is 0 Å². The van der Waals surface area contributed by atoms with Crippen molar-refractivity contribution in [3.63, 3.8) is 0 Å². The molecule has 0 atom stereocenters. The minimum absolute atomic E-state index is 0.0165. The summed E-state index contributed by atoms with van der Waals surface area (Å²) >= 11 is 1.12. The summed E-state index contributed by atoms with van der Waals surface area (Å²) in [6.07, 6.45) is 6.81. The second kappa shape index (κ2) is 7.57. The predicted octanol–water partition coefficient (Wildman–Crippen LogP) is 1.37. The molecule has 0 aromatic heterocycles. The van der Waals surface area contributed by atoms with Crippen molar-refractivity contribution in [2.75, 3.05) is 12.4 Å². The Morgan fingerprint density at radius 2 is 2.27 bits per heavy atom. The van der Waals surface area contributed by atoms with Crippen LogP contribution < -0.4 is 0 Å². The zero-order valence-corrected chi connectivity index (χ0v) is 7.30. The SMILES string of the molecule is CC=CC=CC(=O)SCCO. The van der Waals surface area contributed by atoms with Gasteiger partial charge in [-0.2, -0.15) is 0 Å². The topological polar surface area (TPSA) is 37.3 Å². The third-order valence-corrected chi connectivity index (χ3v) is 1.68. The minimum Gasteiger partial charge on any atom is -0.396 e. The van der Waals surface area contributed by atoms with Crippen molar-refractivity contribution in [2.24, 2.45) is 0 Å². The highest BCUT2D eigenvalue weighted by atomic mass is 32.2. The number of carbonyl (C=O) groups is 1. The van der Waals surface area contributed by atoms with Crippen LogP contribution in [0.15, 0.2) is 24.3 Å². The third kappa shape index (κ3) is 7.36. The first-order chi connectivity index (χ1) is 5.31. The lowest BCUT2D eigenvalue weighted by molar-refractivity contribution is -0.107. The Kier molecular flexibility index (Phi) is 7.19. The molecule has 0 aliphatic heterocycles. The highest BCUT2D eigenvalue weighted by molar-refractivity contribution is 8.14. The maximum atomic E-state index is 10.8. The molecule has 0 aromatic rings. The van der Waals surface area contributed by atoms with Gasteiger partial charge in [-0.25, -0.2) is 0 Å². The fourth-order valence-corrected chi connectivity index (χ4v) is 0.907. The number of thioether (sulfide) groups is 1. The standard InChI is InChI=1S/C8H12O2S/c1-2-3-4-5-8(10)11-7-6-9/h2-5,9H,6-7H2,1H3. The summed E-state index contributed by atoms with van der Waals surface area (Å²) in [5, 5.41) is 8.36. The minimum atomic E-state index is -0.0165. The molecule has 2 nitrogen and oxygen atoms in total. The number of aliphatic hydroxyl groups is 1. The van der Waals surface area contributed by atoms with Crippen molar-refractivity contribution < 1.29 is 9.90 Å². The summed E-state index contributed by atoms with van der Waals surface area (Å²) in [6, 6.07) is 0. The van der Waals surface area contributed by atoms with Gasteiger partial charge in [0, 0.05) is 5.75 Å². The fourth-order valence-electron chi connectivity index (χ4n) is 0.440. The highest BCUT2D eigenvalue weighted by Crippen LogP contribution is 2.01. The Bertz CT molecular complexity index is 161. The molecule has 0 amide bonds. The summed E-state index contributed by atoms with van der Waals surface area (Å²) in [7, 11) is 0. The van der Waals surface area contributed by atoms with Gasteiger partial charge in [0.1, 0.15) is 0 Å². The molecular formula is C8H12O2S. The van der Waals surface area contributed by atoms with E-state index in [-0.39, 0.29) is 11.7 Å². The van der Waals surface area contributed by atoms with Crippen LogP contribution in [0.2, 0.25) is 0 Å². The van der Waals surface area contributed by atoms with E-state index in [0.717, 1.165) is 11.8 Å². The average Bonchev–Trinajstić information content (AvgIpc) is 2.01. The van der Waals surface area contributed by atoms with Crippen LogP contribution in [0.25, 0.3) is 0 Å². The lowest BCUT2D eigenvalue weighted by Gasteiger charge is -1.89. The molecule has 0 radical (unpaired) electrons. The van der Waals surface area contributed by atoms with Gasteiger partial charge in [0.2, 0.25) is 5.12 Å². The Labute approximate surface area is 71.0 Å². The Morgan fingerprint density at radius 1 is 1.55 bits per heavy atom. The van der Waals surface area contributed by atoms with E-state index in [9.17, 15) is 4.79 Å². The molecule has 0 spiro atoms. The normalized spacial score (nSPS) is 11.5. The molecule has 0 unspecified atom stereocenters. The van der Waals surface area contributed by atoms with Crippen LogP contribution in [0.4, 0.5) is 0 Å². The number of carbonyl (C=O) groups excluding carboxylic acids is 1. The van der Waals surface area contributed by atoms with Crippen LogP contribution >= 0.6 is 11.8 Å². The fraction of sp³-hybridized carbons (Fsp3) is 0.375. The zero-order valence-electron chi connectivity index (χ0n) is 6.49. The van der Waals surface area contributed by atoms with Gasteiger partial charge in [0.25, 0.3) is 0 Å². The number of aliphatic hydroxyl groups excluding tert-OH is 1. The smallest absolute Gasteiger partial charge is 0.212 e. The van der Waals surface area contributed by atoms with E-state index in [1.807, 2.05) is 13.0 Å². The average molecular weight is 172 g/mol. The maximum Gasteiger partial charge on any atom is 0.212 e. The van der Waals surface area contributed by atoms with Gasteiger partial charge in [-0.1, -0.05) is 30.0 Å². The van der Waals surface area contributed by atoms with Gasteiger partial charge in [-0.15, -0.1) is 0 Å². The Balaban J connectivity index is 3.51. The Morgan fingerprint density at radius 3 is 2.82 bits per heavy atom. The largest absolute Gasteiger partial charge is 0.396 e. The molecule has 0 fully saturated rings. The van der Waals surface area contributed by atoms with E-state index in [2.05, 4.69) is 0 Å². The second-order valence-electron chi connectivity index (χ2n) is 1.78. The molecule has 0 saturated carbocycles. The molecule has 3 heteroatoms. The van der Waals surface area contributed by atoms with Gasteiger partial charge in [-0.05, 0) is 13.0 Å². The summed E-state index contributed by atoms with van der Waals surface area (Å²) in [6.45, 7) is 1.93. The van der Waals surface area contributed by atoms with Crippen molar-refractivity contribution in [1.29, 1.82) is 0 Å². The van der Waals surface area contributed by atoms with Gasteiger partial charge >= 0.3 is 0 Å². The molecule has 0 aromatic carbocycles. The third-order valence-electron chi connectivity index (χ3n) is 0.871. The van der Waals surface area contributed by atoms with Crippen molar-refractivity contribution >= 4 is 16.9 Å².